The fourth-order valence-electron chi connectivity index (χ4n) is 0. The van der Waals surface area contributed by atoms with E-state index in [1.54, 1.807) is 0 Å². The fourth-order valence-corrected chi connectivity index (χ4v) is 0. The Morgan fingerprint density at radius 3 is 0.700 bits per heavy atom. The molecule has 48 valence electrons. The number of hydrogen-bond donors (Lipinski definition) is 0. The number of hydrogen-bond acceptors (Lipinski definition) is 6. The van der Waals surface area contributed by atoms with E-state index >= 15 is 0 Å². The molecule has 0 aliphatic heterocycles. The summed E-state index contributed by atoms with van der Waals surface area (Å²) in [6.07, 6.45) is 0. The Morgan fingerprint density at radius 2 is 0.700 bits per heavy atom. The van der Waals surface area contributed by atoms with Gasteiger partial charge in [0, 0.05) is 18.3 Å². The standard InChI is InChI=1S/2Ca.2O3Si/c;;2*1-4(2)3/q2*+2;2*-2. The van der Waals surface area contributed by atoms with Gasteiger partial charge >= 0.3 is 75.5 Å². The van der Waals surface area contributed by atoms with Crippen LogP contribution < -0.4 is 19.2 Å². The van der Waals surface area contributed by atoms with Gasteiger partial charge in [-0.2, -0.15) is 0 Å². The van der Waals surface area contributed by atoms with Crippen LogP contribution in [0.1, 0.15) is 0 Å². The summed E-state index contributed by atoms with van der Waals surface area (Å²) < 4.78 is 17.0. The molecule has 0 bridgehead atoms. The summed E-state index contributed by atoms with van der Waals surface area (Å²) in [6.45, 7) is 0. The maximum Gasteiger partial charge on any atom is 2.00 e. The minimum atomic E-state index is -3.63. The molecule has 0 atom stereocenters. The van der Waals surface area contributed by atoms with E-state index in [2.05, 4.69) is 0 Å². The third-order valence-corrected chi connectivity index (χ3v) is 0. The van der Waals surface area contributed by atoms with Crippen LogP contribution in [0.4, 0.5) is 0 Å². The second-order valence-electron chi connectivity index (χ2n) is 0.500. The van der Waals surface area contributed by atoms with Crippen LogP contribution in [0.25, 0.3) is 0 Å². The molecule has 0 aromatic rings. The van der Waals surface area contributed by atoms with E-state index in [0.717, 1.165) is 0 Å². The Balaban J connectivity index is -0.0000000300. The summed E-state index contributed by atoms with van der Waals surface area (Å²) >= 11 is 0. The molecule has 0 aliphatic rings. The monoisotopic (exact) mass is 232 g/mol. The average Bonchev–Trinajstić information content (AvgIpc) is 1.25. The molecule has 0 N–H and O–H groups in total. The Kier molecular flexibility index (Phi) is 38.5. The van der Waals surface area contributed by atoms with Crippen LogP contribution in [0.5, 0.6) is 0 Å². The van der Waals surface area contributed by atoms with Gasteiger partial charge < -0.3 is 28.1 Å². The summed E-state index contributed by atoms with van der Waals surface area (Å²) in [7, 11) is -7.26. The van der Waals surface area contributed by atoms with Crippen molar-refractivity contribution in [1.82, 2.24) is 0 Å². The van der Waals surface area contributed by atoms with Crippen molar-refractivity contribution in [2.24, 2.45) is 0 Å². The molecular weight excluding hydrogens is 232 g/mol. The van der Waals surface area contributed by atoms with Gasteiger partial charge in [0.15, 0.2) is 0 Å². The Bertz CT molecular complexity index is 71.7. The first-order valence-electron chi connectivity index (χ1n) is 1.22. The molecule has 0 heterocycles. The van der Waals surface area contributed by atoms with Crippen molar-refractivity contribution in [3.05, 3.63) is 0 Å². The van der Waals surface area contributed by atoms with Crippen molar-refractivity contribution in [2.45, 2.75) is 0 Å². The smallest absolute Gasteiger partial charge is 0.672 e. The molecule has 0 aliphatic carbocycles. The maximum absolute atomic E-state index is 8.52. The molecular formula is Ca2O6Si2. The van der Waals surface area contributed by atoms with Gasteiger partial charge in [0.1, 0.15) is 0 Å². The predicted molar refractivity (Wildman–Crippen MR) is 24.4 cm³/mol. The summed E-state index contributed by atoms with van der Waals surface area (Å²) in [6, 6.07) is 0. The summed E-state index contributed by atoms with van der Waals surface area (Å²) in [5.74, 6) is 0. The van der Waals surface area contributed by atoms with E-state index in [4.69, 9.17) is 28.1 Å². The maximum atomic E-state index is 8.52. The first-order chi connectivity index (χ1) is 3.46. The molecule has 6 nitrogen and oxygen atoms in total. The summed E-state index contributed by atoms with van der Waals surface area (Å²) in [4.78, 5) is 34.1. The molecule has 10 heavy (non-hydrogen) atoms. The Morgan fingerprint density at radius 1 is 0.700 bits per heavy atom. The quantitative estimate of drug-likeness (QED) is 0.382. The molecule has 10 heteroatoms. The van der Waals surface area contributed by atoms with Crippen molar-refractivity contribution < 1.29 is 28.1 Å². The third kappa shape index (κ3) is 243. The van der Waals surface area contributed by atoms with Gasteiger partial charge in [-0.15, -0.1) is 0 Å². The van der Waals surface area contributed by atoms with Crippen LogP contribution in [0.3, 0.4) is 0 Å². The summed E-state index contributed by atoms with van der Waals surface area (Å²) in [5, 5.41) is 0. The van der Waals surface area contributed by atoms with Gasteiger partial charge in [-0.05, 0) is 0 Å². The van der Waals surface area contributed by atoms with Gasteiger partial charge in [-0.25, -0.2) is 0 Å². The van der Waals surface area contributed by atoms with Crippen molar-refractivity contribution in [1.29, 1.82) is 0 Å². The third-order valence-electron chi connectivity index (χ3n) is 0. The first kappa shape index (κ1) is 22.6. The molecule has 0 saturated heterocycles. The predicted octanol–water partition coefficient (Wildman–Crippen LogP) is -6.52. The molecule has 0 unspecified atom stereocenters. The topological polar surface area (TPSA) is 126 Å². The van der Waals surface area contributed by atoms with E-state index in [-0.39, 0.29) is 75.5 Å². The molecule has 0 fully saturated rings. The SMILES string of the molecule is O=[Si]([O-])[O-].O=[Si]([O-])[O-].[Ca+2].[Ca+2]. The fraction of sp³-hybridized carbons (Fsp3) is 0. The second-order valence-corrected chi connectivity index (χ2v) is 1.50. The second kappa shape index (κ2) is 17.0. The van der Waals surface area contributed by atoms with Crippen LogP contribution in [-0.2, 0) is 8.92 Å². The zero-order valence-corrected chi connectivity index (χ0v) is 11.3. The summed E-state index contributed by atoms with van der Waals surface area (Å²) in [5.41, 5.74) is 0. The minimum absolute atomic E-state index is 0. The van der Waals surface area contributed by atoms with Crippen molar-refractivity contribution >= 4 is 93.8 Å². The zero-order valence-electron chi connectivity index (χ0n) is 4.86. The zero-order chi connectivity index (χ0) is 7.15. The largest absolute Gasteiger partial charge is 2.00 e. The first-order valence-corrected chi connectivity index (χ1v) is 3.67. The number of rotatable bonds is 0. The van der Waals surface area contributed by atoms with Crippen LogP contribution in [0.15, 0.2) is 0 Å². The van der Waals surface area contributed by atoms with Gasteiger partial charge in [0.2, 0.25) is 0 Å². The molecule has 0 rings (SSSR count). The Labute approximate surface area is 120 Å². The van der Waals surface area contributed by atoms with Gasteiger partial charge in [0.05, 0.1) is 0 Å². The van der Waals surface area contributed by atoms with Crippen LogP contribution >= 0.6 is 0 Å². The molecule has 0 spiro atoms. The van der Waals surface area contributed by atoms with E-state index in [1.807, 2.05) is 0 Å². The molecule has 0 amide bonds. The van der Waals surface area contributed by atoms with Crippen LogP contribution in [0.2, 0.25) is 0 Å². The average molecular weight is 232 g/mol. The van der Waals surface area contributed by atoms with Crippen molar-refractivity contribution in [3.63, 3.8) is 0 Å². The van der Waals surface area contributed by atoms with Crippen LogP contribution in [-0.4, -0.2) is 93.8 Å². The van der Waals surface area contributed by atoms with Crippen LogP contribution in [0, 0.1) is 0 Å². The molecule has 0 aromatic heterocycles. The van der Waals surface area contributed by atoms with Gasteiger partial charge in [-0.1, -0.05) is 0 Å². The molecule has 0 radical (unpaired) electrons. The van der Waals surface area contributed by atoms with E-state index in [9.17, 15) is 0 Å². The van der Waals surface area contributed by atoms with Gasteiger partial charge in [0.25, 0.3) is 0 Å². The minimum Gasteiger partial charge on any atom is -0.672 e. The Hall–Kier alpha value is 1.75. The van der Waals surface area contributed by atoms with Crippen molar-refractivity contribution in [3.8, 4) is 0 Å². The molecule has 0 aromatic carbocycles. The van der Waals surface area contributed by atoms with Gasteiger partial charge in [-0.3, -0.25) is 0 Å². The van der Waals surface area contributed by atoms with E-state index in [0.29, 0.717) is 0 Å². The normalized spacial score (nSPS) is 4.80. The van der Waals surface area contributed by atoms with E-state index < -0.39 is 18.3 Å². The van der Waals surface area contributed by atoms with Crippen molar-refractivity contribution in [2.75, 3.05) is 0 Å². The molecule has 0 saturated carbocycles. The van der Waals surface area contributed by atoms with E-state index in [1.165, 1.54) is 0 Å².